The Hall–Kier alpha value is -2.68. The molecule has 1 aromatic carbocycles. The second-order valence-electron chi connectivity index (χ2n) is 10.7. The van der Waals surface area contributed by atoms with Gasteiger partial charge in [-0.2, -0.15) is 0 Å². The first-order valence-corrected chi connectivity index (χ1v) is 13.8. The summed E-state index contributed by atoms with van der Waals surface area (Å²) in [5.41, 5.74) is -1.99. The zero-order valence-electron chi connectivity index (χ0n) is 22.0. The van der Waals surface area contributed by atoms with Gasteiger partial charge in [0, 0.05) is 6.54 Å². The van der Waals surface area contributed by atoms with Crippen molar-refractivity contribution in [3.8, 4) is 0 Å². The minimum atomic E-state index is -1.42. The Morgan fingerprint density at radius 3 is 2.55 bits per heavy atom. The molecule has 2 saturated heterocycles. The maximum Gasteiger partial charge on any atom is 0.313 e. The van der Waals surface area contributed by atoms with Crippen molar-refractivity contribution in [1.29, 1.82) is 0 Å². The van der Waals surface area contributed by atoms with Crippen LogP contribution in [0.1, 0.15) is 40.0 Å². The fourth-order valence-corrected chi connectivity index (χ4v) is 6.96. The molecule has 4 aliphatic heterocycles. The molecular formula is C29H35ClN2O6. The monoisotopic (exact) mass is 542 g/mol. The van der Waals surface area contributed by atoms with Crippen LogP contribution in [0.5, 0.6) is 0 Å². The molecule has 2 amide bonds. The molecule has 204 valence electrons. The Bertz CT molecular complexity index is 1190. The van der Waals surface area contributed by atoms with Crippen LogP contribution in [0.3, 0.4) is 0 Å². The van der Waals surface area contributed by atoms with Crippen molar-refractivity contribution in [2.24, 2.45) is 17.8 Å². The van der Waals surface area contributed by atoms with Gasteiger partial charge in [0.25, 0.3) is 5.91 Å². The van der Waals surface area contributed by atoms with E-state index in [2.05, 4.69) is 0 Å². The number of benzene rings is 1. The topological polar surface area (TPSA) is 96.4 Å². The summed E-state index contributed by atoms with van der Waals surface area (Å²) in [6, 6.07) is 5.33. The number of fused-ring (bicyclic) bond motifs is 2. The van der Waals surface area contributed by atoms with Crippen LogP contribution >= 0.6 is 11.6 Å². The summed E-state index contributed by atoms with van der Waals surface area (Å²) >= 11 is 6.52. The maximum atomic E-state index is 14.6. The van der Waals surface area contributed by atoms with E-state index in [1.54, 1.807) is 35.2 Å². The molecule has 0 saturated carbocycles. The number of hydrogen-bond acceptors (Lipinski definition) is 6. The first-order chi connectivity index (χ1) is 18.3. The summed E-state index contributed by atoms with van der Waals surface area (Å²) in [4.78, 5) is 45.6. The largest absolute Gasteiger partial charge is 0.465 e. The predicted molar refractivity (Wildman–Crippen MR) is 142 cm³/mol. The standard InChI is InChI=1S/C29H35ClN2O6/c1-4-18(3)21(17-33)32-24-26(35)31(20-12-7-6-11-19(20)30)15-10-14-29(24)22(25(32)34)23-27(36)37-16-9-8-13-28(23,5-2)38-29/h6-8,10-14,18,21-24,33H,4-5,9,15-17H2,1-3H3/t18-,21-,22-,23-,24?,28+,29-/m0/s1. The third kappa shape index (κ3) is 3.83. The lowest BCUT2D eigenvalue weighted by Gasteiger charge is -2.42. The zero-order chi connectivity index (χ0) is 27.2. The number of nitrogens with zero attached hydrogens (tertiary/aromatic N) is 2. The van der Waals surface area contributed by atoms with Gasteiger partial charge >= 0.3 is 5.97 Å². The smallest absolute Gasteiger partial charge is 0.313 e. The molecule has 4 aliphatic rings. The molecule has 1 spiro atoms. The number of amides is 2. The van der Waals surface area contributed by atoms with Crippen LogP contribution in [0.2, 0.25) is 5.02 Å². The summed E-state index contributed by atoms with van der Waals surface area (Å²) in [6.07, 6.45) is 9.07. The van der Waals surface area contributed by atoms with Gasteiger partial charge in [-0.15, -0.1) is 0 Å². The highest BCUT2D eigenvalue weighted by Gasteiger charge is 2.76. The quantitative estimate of drug-likeness (QED) is 0.436. The number of anilines is 1. The van der Waals surface area contributed by atoms with E-state index in [0.717, 1.165) is 0 Å². The third-order valence-corrected chi connectivity index (χ3v) is 9.15. The van der Waals surface area contributed by atoms with Gasteiger partial charge in [0.2, 0.25) is 5.91 Å². The molecule has 9 heteroatoms. The number of carbonyl (C=O) groups is 3. The molecule has 1 N–H and O–H groups in total. The van der Waals surface area contributed by atoms with Crippen molar-refractivity contribution in [3.63, 3.8) is 0 Å². The van der Waals surface area contributed by atoms with Gasteiger partial charge in [0.15, 0.2) is 0 Å². The van der Waals surface area contributed by atoms with Crippen molar-refractivity contribution in [3.05, 3.63) is 53.6 Å². The van der Waals surface area contributed by atoms with Crippen LogP contribution in [0.4, 0.5) is 5.69 Å². The Balaban J connectivity index is 1.72. The highest BCUT2D eigenvalue weighted by molar-refractivity contribution is 6.34. The van der Waals surface area contributed by atoms with E-state index in [-0.39, 0.29) is 37.5 Å². The number of likely N-dealkylation sites (tertiary alicyclic amines) is 1. The van der Waals surface area contributed by atoms with Gasteiger partial charge in [-0.1, -0.05) is 75.2 Å². The summed E-state index contributed by atoms with van der Waals surface area (Å²) < 4.78 is 12.5. The molecule has 1 unspecified atom stereocenters. The molecule has 5 rings (SSSR count). The maximum absolute atomic E-state index is 14.6. The first kappa shape index (κ1) is 26.9. The lowest BCUT2D eigenvalue weighted by Crippen LogP contribution is -2.60. The van der Waals surface area contributed by atoms with E-state index in [1.807, 2.05) is 39.0 Å². The second kappa shape index (κ2) is 10.1. The number of rotatable bonds is 6. The first-order valence-electron chi connectivity index (χ1n) is 13.5. The Labute approximate surface area is 228 Å². The molecule has 7 atom stereocenters. The normalized spacial score (nSPS) is 34.1. The van der Waals surface area contributed by atoms with Gasteiger partial charge in [-0.3, -0.25) is 14.4 Å². The summed E-state index contributed by atoms with van der Waals surface area (Å²) in [7, 11) is 0. The van der Waals surface area contributed by atoms with E-state index in [9.17, 15) is 19.5 Å². The minimum absolute atomic E-state index is 0.103. The zero-order valence-corrected chi connectivity index (χ0v) is 22.8. The molecule has 38 heavy (non-hydrogen) atoms. The SMILES string of the molecule is CC[C@H](C)[C@H](CO)N1C(=O)[C@@H]2[C@H]3C(=O)OCCC=C[C@@]3(CC)O[C@@]23C=CCN(c2ccccc2Cl)C(=O)C13. The van der Waals surface area contributed by atoms with Crippen molar-refractivity contribution in [2.75, 3.05) is 24.7 Å². The second-order valence-corrected chi connectivity index (χ2v) is 11.1. The van der Waals surface area contributed by atoms with E-state index in [1.165, 1.54) is 4.90 Å². The lowest BCUT2D eigenvalue weighted by atomic mass is 9.73. The Morgan fingerprint density at radius 1 is 1.11 bits per heavy atom. The summed E-state index contributed by atoms with van der Waals surface area (Å²) in [6.45, 7) is 5.95. The number of hydrogen-bond donors (Lipinski definition) is 1. The molecule has 0 bridgehead atoms. The minimum Gasteiger partial charge on any atom is -0.465 e. The van der Waals surface area contributed by atoms with Gasteiger partial charge in [0.1, 0.15) is 23.2 Å². The highest BCUT2D eigenvalue weighted by atomic mass is 35.5. The van der Waals surface area contributed by atoms with Crippen LogP contribution in [-0.2, 0) is 23.9 Å². The number of esters is 1. The van der Waals surface area contributed by atoms with Gasteiger partial charge in [-0.05, 0) is 30.9 Å². The fourth-order valence-electron chi connectivity index (χ4n) is 6.73. The van der Waals surface area contributed by atoms with Crippen LogP contribution in [0.25, 0.3) is 0 Å². The fraction of sp³-hybridized carbons (Fsp3) is 0.552. The molecule has 4 heterocycles. The van der Waals surface area contributed by atoms with Crippen molar-refractivity contribution >= 4 is 35.1 Å². The van der Waals surface area contributed by atoms with Crippen molar-refractivity contribution in [1.82, 2.24) is 4.90 Å². The summed E-state index contributed by atoms with van der Waals surface area (Å²) in [5, 5.41) is 10.9. The molecule has 0 aromatic heterocycles. The number of ether oxygens (including phenoxy) is 2. The number of aliphatic hydroxyl groups is 1. The van der Waals surface area contributed by atoms with Crippen LogP contribution in [0.15, 0.2) is 48.6 Å². The third-order valence-electron chi connectivity index (χ3n) is 8.83. The molecule has 1 aromatic rings. The van der Waals surface area contributed by atoms with Gasteiger partial charge in [-0.25, -0.2) is 0 Å². The van der Waals surface area contributed by atoms with E-state index >= 15 is 0 Å². The van der Waals surface area contributed by atoms with Crippen LogP contribution in [0, 0.1) is 17.8 Å². The average molecular weight is 543 g/mol. The van der Waals surface area contributed by atoms with Crippen molar-refractivity contribution in [2.45, 2.75) is 63.3 Å². The lowest BCUT2D eigenvalue weighted by molar-refractivity contribution is -0.162. The number of cyclic esters (lactones) is 1. The number of aliphatic hydroxyl groups excluding tert-OH is 1. The molecule has 2 fully saturated rings. The van der Waals surface area contributed by atoms with E-state index in [0.29, 0.717) is 30.0 Å². The van der Waals surface area contributed by atoms with Crippen LogP contribution < -0.4 is 4.90 Å². The van der Waals surface area contributed by atoms with Gasteiger partial charge in [0.05, 0.1) is 35.9 Å². The van der Waals surface area contributed by atoms with Gasteiger partial charge < -0.3 is 24.4 Å². The molecule has 8 nitrogen and oxygen atoms in total. The molecule has 0 radical (unpaired) electrons. The van der Waals surface area contributed by atoms with Crippen molar-refractivity contribution < 1.29 is 29.0 Å². The molecular weight excluding hydrogens is 508 g/mol. The Morgan fingerprint density at radius 2 is 1.87 bits per heavy atom. The van der Waals surface area contributed by atoms with E-state index in [4.69, 9.17) is 21.1 Å². The van der Waals surface area contributed by atoms with Crippen LogP contribution in [-0.4, -0.2) is 70.8 Å². The number of para-hydroxylation sites is 1. The molecule has 0 aliphatic carbocycles. The number of halogens is 1. The highest BCUT2D eigenvalue weighted by Crippen LogP contribution is 2.59. The predicted octanol–water partition coefficient (Wildman–Crippen LogP) is 3.51. The Kier molecular flexibility index (Phi) is 7.18. The summed E-state index contributed by atoms with van der Waals surface area (Å²) in [5.74, 6) is -3.24. The van der Waals surface area contributed by atoms with E-state index < -0.39 is 41.1 Å². The number of carbonyl (C=O) groups excluding carboxylic acids is 3. The average Bonchev–Trinajstić information content (AvgIpc) is 3.25.